The summed E-state index contributed by atoms with van der Waals surface area (Å²) in [6.07, 6.45) is -4.68. The van der Waals surface area contributed by atoms with Crippen LogP contribution in [0.2, 0.25) is 0 Å². The lowest BCUT2D eigenvalue weighted by atomic mass is 10.1. The molecule has 0 aromatic heterocycles. The first kappa shape index (κ1) is 20.4. The lowest BCUT2D eigenvalue weighted by Crippen LogP contribution is -2.27. The Hall–Kier alpha value is -1.95. The first-order valence-electron chi connectivity index (χ1n) is 7.13. The second-order valence-electron chi connectivity index (χ2n) is 5.49. The summed E-state index contributed by atoms with van der Waals surface area (Å²) in [7, 11) is -8.25. The van der Waals surface area contributed by atoms with Gasteiger partial charge in [-0.3, -0.25) is 0 Å². The van der Waals surface area contributed by atoms with Gasteiger partial charge in [0, 0.05) is 6.04 Å². The Morgan fingerprint density at radius 2 is 1.54 bits per heavy atom. The molecule has 0 aliphatic heterocycles. The Bertz CT molecular complexity index is 1020. The maximum atomic E-state index is 12.8. The molecule has 1 unspecified atom stereocenters. The molecule has 0 radical (unpaired) electrons. The van der Waals surface area contributed by atoms with Gasteiger partial charge < -0.3 is 0 Å². The first-order chi connectivity index (χ1) is 11.8. The fraction of sp³-hybridized carbons (Fsp3) is 0.200. The Morgan fingerprint density at radius 3 is 2.12 bits per heavy atom. The van der Waals surface area contributed by atoms with E-state index in [1.165, 1.54) is 31.2 Å². The van der Waals surface area contributed by atoms with E-state index in [4.69, 9.17) is 5.14 Å². The van der Waals surface area contributed by atoms with Crippen molar-refractivity contribution in [3.8, 4) is 0 Å². The number of halogens is 3. The molecule has 26 heavy (non-hydrogen) atoms. The van der Waals surface area contributed by atoms with Crippen LogP contribution in [0.5, 0.6) is 0 Å². The van der Waals surface area contributed by atoms with Crippen LogP contribution in [0.3, 0.4) is 0 Å². The molecule has 0 spiro atoms. The highest BCUT2D eigenvalue weighted by molar-refractivity contribution is 7.89. The highest BCUT2D eigenvalue weighted by Gasteiger charge is 2.32. The van der Waals surface area contributed by atoms with E-state index in [9.17, 15) is 30.0 Å². The minimum absolute atomic E-state index is 0.208. The summed E-state index contributed by atoms with van der Waals surface area (Å²) in [5.74, 6) is 0. The summed E-state index contributed by atoms with van der Waals surface area (Å²) < 4.78 is 88.0. The number of nitrogens with one attached hydrogen (secondary N) is 1. The van der Waals surface area contributed by atoms with Crippen molar-refractivity contribution in [2.24, 2.45) is 5.14 Å². The van der Waals surface area contributed by atoms with Gasteiger partial charge in [-0.1, -0.05) is 18.2 Å². The number of nitrogens with two attached hydrogens (primary N) is 1. The molecule has 0 bridgehead atoms. The average Bonchev–Trinajstić information content (AvgIpc) is 2.53. The smallest absolute Gasteiger partial charge is 0.225 e. The van der Waals surface area contributed by atoms with E-state index in [2.05, 4.69) is 4.72 Å². The summed E-state index contributed by atoms with van der Waals surface area (Å²) in [6, 6.07) is 7.68. The molecule has 2 aromatic rings. The summed E-state index contributed by atoms with van der Waals surface area (Å²) >= 11 is 0. The average molecular weight is 408 g/mol. The summed E-state index contributed by atoms with van der Waals surface area (Å²) in [5, 5.41) is 5.03. The van der Waals surface area contributed by atoms with Crippen molar-refractivity contribution < 1.29 is 30.0 Å². The van der Waals surface area contributed by atoms with Crippen LogP contribution in [0.1, 0.15) is 24.1 Å². The summed E-state index contributed by atoms with van der Waals surface area (Å²) in [5.41, 5.74) is -0.809. The molecule has 11 heteroatoms. The van der Waals surface area contributed by atoms with Gasteiger partial charge in [0.15, 0.2) is 0 Å². The van der Waals surface area contributed by atoms with Gasteiger partial charge in [0.2, 0.25) is 20.0 Å². The molecule has 2 aromatic carbocycles. The van der Waals surface area contributed by atoms with Crippen molar-refractivity contribution in [3.05, 3.63) is 59.7 Å². The monoisotopic (exact) mass is 408 g/mol. The molecular weight excluding hydrogens is 393 g/mol. The Kier molecular flexibility index (Phi) is 5.47. The molecule has 2 rings (SSSR count). The van der Waals surface area contributed by atoms with E-state index >= 15 is 0 Å². The third-order valence-electron chi connectivity index (χ3n) is 3.49. The Balaban J connectivity index is 2.33. The van der Waals surface area contributed by atoms with E-state index in [-0.39, 0.29) is 10.5 Å². The zero-order valence-corrected chi connectivity index (χ0v) is 15.0. The normalized spacial score (nSPS) is 14.2. The van der Waals surface area contributed by atoms with Crippen LogP contribution in [-0.4, -0.2) is 16.8 Å². The molecule has 0 saturated heterocycles. The molecular formula is C15H15F3N2O4S2. The van der Waals surface area contributed by atoms with Gasteiger partial charge >= 0.3 is 6.18 Å². The molecule has 142 valence electrons. The highest BCUT2D eigenvalue weighted by atomic mass is 32.2. The molecule has 6 nitrogen and oxygen atoms in total. The van der Waals surface area contributed by atoms with E-state index in [0.29, 0.717) is 6.07 Å². The van der Waals surface area contributed by atoms with Crippen LogP contribution in [-0.2, 0) is 26.2 Å². The minimum Gasteiger partial charge on any atom is -0.225 e. The Labute approximate surface area is 148 Å². The van der Waals surface area contributed by atoms with Crippen LogP contribution >= 0.6 is 0 Å². The number of rotatable bonds is 5. The van der Waals surface area contributed by atoms with Crippen LogP contribution in [0, 0.1) is 0 Å². The predicted octanol–water partition coefficient (Wildman–Crippen LogP) is 2.39. The van der Waals surface area contributed by atoms with Crippen molar-refractivity contribution in [3.63, 3.8) is 0 Å². The molecule has 1 atom stereocenters. The molecule has 0 saturated carbocycles. The fourth-order valence-electron chi connectivity index (χ4n) is 2.17. The second kappa shape index (κ2) is 6.99. The van der Waals surface area contributed by atoms with Crippen molar-refractivity contribution in [1.82, 2.24) is 4.72 Å². The number of benzene rings is 2. The van der Waals surface area contributed by atoms with E-state index in [1.807, 2.05) is 0 Å². The quantitative estimate of drug-likeness (QED) is 0.792. The zero-order chi connectivity index (χ0) is 19.8. The van der Waals surface area contributed by atoms with Gasteiger partial charge in [0.25, 0.3) is 0 Å². The highest BCUT2D eigenvalue weighted by Crippen LogP contribution is 2.30. The van der Waals surface area contributed by atoms with E-state index in [1.54, 1.807) is 0 Å². The molecule has 0 amide bonds. The van der Waals surface area contributed by atoms with Gasteiger partial charge in [-0.05, 0) is 42.8 Å². The minimum atomic E-state index is -4.68. The van der Waals surface area contributed by atoms with E-state index in [0.717, 1.165) is 18.2 Å². The maximum Gasteiger partial charge on any atom is 0.416 e. The summed E-state index contributed by atoms with van der Waals surface area (Å²) in [4.78, 5) is -0.762. The van der Waals surface area contributed by atoms with Gasteiger partial charge in [-0.15, -0.1) is 0 Å². The number of alkyl halides is 3. The Morgan fingerprint density at radius 1 is 0.962 bits per heavy atom. The topological polar surface area (TPSA) is 106 Å². The van der Waals surface area contributed by atoms with Crippen molar-refractivity contribution in [2.75, 3.05) is 0 Å². The number of sulfonamides is 2. The fourth-order valence-corrected chi connectivity index (χ4v) is 4.02. The van der Waals surface area contributed by atoms with Gasteiger partial charge in [0.05, 0.1) is 15.4 Å². The molecule has 0 fully saturated rings. The number of hydrogen-bond donors (Lipinski definition) is 2. The van der Waals surface area contributed by atoms with Crippen LogP contribution in [0.4, 0.5) is 13.2 Å². The SMILES string of the molecule is CC(NS(=O)(=O)c1cccc(C(F)(F)F)c1)c1cccc(S(N)(=O)=O)c1. The first-order valence-corrected chi connectivity index (χ1v) is 10.2. The standard InChI is InChI=1S/C15H15F3N2O4S2/c1-10(11-4-2-6-13(8-11)25(19,21)22)20-26(23,24)14-7-3-5-12(9-14)15(16,17)18/h2-10,20H,1H3,(H2,19,21,22). The number of hydrogen-bond acceptors (Lipinski definition) is 4. The molecule has 0 aliphatic carbocycles. The molecule has 0 heterocycles. The van der Waals surface area contributed by atoms with Gasteiger partial charge in [-0.2, -0.15) is 13.2 Å². The third kappa shape index (κ3) is 4.81. The van der Waals surface area contributed by atoms with Crippen LogP contribution in [0.25, 0.3) is 0 Å². The molecule has 3 N–H and O–H groups in total. The third-order valence-corrected chi connectivity index (χ3v) is 5.94. The van der Waals surface area contributed by atoms with Gasteiger partial charge in [-0.25, -0.2) is 26.7 Å². The van der Waals surface area contributed by atoms with Crippen LogP contribution in [0.15, 0.2) is 58.3 Å². The summed E-state index contributed by atoms with van der Waals surface area (Å²) in [6.45, 7) is 1.42. The number of primary sulfonamides is 1. The second-order valence-corrected chi connectivity index (χ2v) is 8.76. The van der Waals surface area contributed by atoms with Gasteiger partial charge in [0.1, 0.15) is 0 Å². The van der Waals surface area contributed by atoms with Crippen molar-refractivity contribution in [1.29, 1.82) is 0 Å². The zero-order valence-electron chi connectivity index (χ0n) is 13.4. The van der Waals surface area contributed by atoms with Crippen LogP contribution < -0.4 is 9.86 Å². The largest absolute Gasteiger partial charge is 0.416 e. The molecule has 0 aliphatic rings. The predicted molar refractivity (Wildman–Crippen MR) is 88.0 cm³/mol. The van der Waals surface area contributed by atoms with Crippen molar-refractivity contribution in [2.45, 2.75) is 28.9 Å². The lowest BCUT2D eigenvalue weighted by molar-refractivity contribution is -0.137. The van der Waals surface area contributed by atoms with Crippen molar-refractivity contribution >= 4 is 20.0 Å². The van der Waals surface area contributed by atoms with E-state index < -0.39 is 42.7 Å². The maximum absolute atomic E-state index is 12.8. The lowest BCUT2D eigenvalue weighted by Gasteiger charge is -2.16.